The highest BCUT2D eigenvalue weighted by molar-refractivity contribution is 5.95. The Morgan fingerprint density at radius 3 is 2.09 bits per heavy atom. The molecule has 1 amide bonds. The van der Waals surface area contributed by atoms with Crippen LogP contribution < -0.4 is 9.47 Å². The number of amides is 1. The first-order valence-corrected chi connectivity index (χ1v) is 16.7. The predicted octanol–water partition coefficient (Wildman–Crippen LogP) is 6.21. The fourth-order valence-corrected chi connectivity index (χ4v) is 12.6. The van der Waals surface area contributed by atoms with Crippen molar-refractivity contribution >= 4 is 5.91 Å². The van der Waals surface area contributed by atoms with Gasteiger partial charge in [-0.3, -0.25) is 4.79 Å². The summed E-state index contributed by atoms with van der Waals surface area (Å²) in [7, 11) is 9.33. The number of nitrogens with zero attached hydrogens (tertiary/aromatic N) is 2. The fraction of sp³-hybridized carbons (Fsp3) is 0.806. The number of carbonyl (C=O) groups is 1. The van der Waals surface area contributed by atoms with E-state index in [-0.39, 0.29) is 46.6 Å². The van der Waals surface area contributed by atoms with Gasteiger partial charge in [-0.25, -0.2) is 0 Å². The molecule has 0 heterocycles. The lowest BCUT2D eigenvalue weighted by molar-refractivity contribution is -0.161. The third-order valence-corrected chi connectivity index (χ3v) is 15.2. The topological polar surface area (TPSA) is 82.5 Å². The van der Waals surface area contributed by atoms with Gasteiger partial charge in [0.25, 0.3) is 5.91 Å². The number of fused-ring (bicyclic) bond motifs is 2. The Bertz CT molecular complexity index is 1260. The SMILES string of the molecule is COc1cc(C(=O)N(C)C2CCC34CC35CCC3(C)C(C(C)N(C)C)CCC3(C)C5CCC4C2(C)CO)cc(OC)c1O. The first-order valence-electron chi connectivity index (χ1n) is 16.7. The molecule has 5 aliphatic rings. The average molecular weight is 597 g/mol. The lowest BCUT2D eigenvalue weighted by Crippen LogP contribution is -2.62. The van der Waals surface area contributed by atoms with Crippen LogP contribution in [0, 0.1) is 44.8 Å². The summed E-state index contributed by atoms with van der Waals surface area (Å²) in [4.78, 5) is 18.3. The summed E-state index contributed by atoms with van der Waals surface area (Å²) in [5.41, 5.74) is 1.46. The summed E-state index contributed by atoms with van der Waals surface area (Å²) in [6.45, 7) is 10.1. The molecule has 240 valence electrons. The number of carbonyl (C=O) groups excluding carboxylic acids is 1. The van der Waals surface area contributed by atoms with E-state index < -0.39 is 0 Å². The number of ether oxygens (including phenoxy) is 2. The molecular weight excluding hydrogens is 540 g/mol. The van der Waals surface area contributed by atoms with Crippen molar-refractivity contribution in [2.45, 2.75) is 97.6 Å². The zero-order valence-electron chi connectivity index (χ0n) is 28.1. The number of phenols is 1. The molecule has 5 aliphatic carbocycles. The highest BCUT2D eigenvalue weighted by Crippen LogP contribution is 2.89. The number of phenolic OH excluding ortho intramolecular Hbond substituents is 1. The van der Waals surface area contributed by atoms with E-state index >= 15 is 0 Å². The van der Waals surface area contributed by atoms with E-state index in [9.17, 15) is 15.0 Å². The Hall–Kier alpha value is -1.99. The molecule has 1 aromatic rings. The molecule has 5 fully saturated rings. The van der Waals surface area contributed by atoms with Gasteiger partial charge in [0.1, 0.15) is 0 Å². The van der Waals surface area contributed by atoms with Gasteiger partial charge < -0.3 is 29.5 Å². The van der Waals surface area contributed by atoms with Crippen molar-refractivity contribution in [1.29, 1.82) is 0 Å². The van der Waals surface area contributed by atoms with Crippen molar-refractivity contribution in [3.05, 3.63) is 17.7 Å². The lowest BCUT2D eigenvalue weighted by atomic mass is 9.41. The van der Waals surface area contributed by atoms with Gasteiger partial charge in [-0.15, -0.1) is 0 Å². The molecule has 7 nitrogen and oxygen atoms in total. The number of benzene rings is 1. The number of hydrogen-bond acceptors (Lipinski definition) is 6. The van der Waals surface area contributed by atoms with Crippen molar-refractivity contribution in [1.82, 2.24) is 9.80 Å². The Morgan fingerprint density at radius 1 is 0.907 bits per heavy atom. The van der Waals surface area contributed by atoms with Crippen molar-refractivity contribution in [3.63, 3.8) is 0 Å². The van der Waals surface area contributed by atoms with Gasteiger partial charge >= 0.3 is 0 Å². The van der Waals surface area contributed by atoms with E-state index in [1.807, 2.05) is 11.9 Å². The minimum atomic E-state index is -0.373. The molecule has 7 heteroatoms. The van der Waals surface area contributed by atoms with Gasteiger partial charge in [0, 0.05) is 30.1 Å². The molecule has 0 aliphatic heterocycles. The highest BCUT2D eigenvalue weighted by Gasteiger charge is 2.82. The van der Waals surface area contributed by atoms with Crippen LogP contribution in [0.1, 0.15) is 95.8 Å². The summed E-state index contributed by atoms with van der Waals surface area (Å²) in [5.74, 6) is 2.09. The predicted molar refractivity (Wildman–Crippen MR) is 169 cm³/mol. The van der Waals surface area contributed by atoms with Crippen LogP contribution >= 0.6 is 0 Å². The van der Waals surface area contributed by atoms with Crippen molar-refractivity contribution < 1.29 is 24.5 Å². The molecule has 5 saturated carbocycles. The second kappa shape index (κ2) is 10.0. The van der Waals surface area contributed by atoms with Crippen molar-refractivity contribution in [2.24, 2.45) is 44.8 Å². The first kappa shape index (κ1) is 31.0. The summed E-state index contributed by atoms with van der Waals surface area (Å²) in [6.07, 6.45) is 11.1. The number of aromatic hydroxyl groups is 1. The largest absolute Gasteiger partial charge is 0.502 e. The van der Waals surface area contributed by atoms with E-state index in [2.05, 4.69) is 46.7 Å². The quantitative estimate of drug-likeness (QED) is 0.390. The van der Waals surface area contributed by atoms with Crippen LogP contribution in [0.15, 0.2) is 12.1 Å². The smallest absolute Gasteiger partial charge is 0.254 e. The maximum atomic E-state index is 14.0. The number of rotatable bonds is 7. The molecule has 2 spiro atoms. The number of hydrogen-bond donors (Lipinski definition) is 2. The molecule has 0 aromatic heterocycles. The summed E-state index contributed by atoms with van der Waals surface area (Å²) in [6, 6.07) is 3.70. The van der Waals surface area contributed by atoms with Crippen LogP contribution in [0.2, 0.25) is 0 Å². The molecule has 43 heavy (non-hydrogen) atoms. The Morgan fingerprint density at radius 2 is 1.51 bits per heavy atom. The Labute approximate surface area is 259 Å². The van der Waals surface area contributed by atoms with E-state index in [1.165, 1.54) is 52.7 Å². The molecule has 10 atom stereocenters. The minimum Gasteiger partial charge on any atom is -0.502 e. The van der Waals surface area contributed by atoms with Gasteiger partial charge in [-0.2, -0.15) is 0 Å². The second-order valence-electron chi connectivity index (χ2n) is 16.2. The maximum Gasteiger partial charge on any atom is 0.254 e. The van der Waals surface area contributed by atoms with Crippen LogP contribution in [0.25, 0.3) is 0 Å². The molecular formula is C36H56N2O5. The summed E-state index contributed by atoms with van der Waals surface area (Å²) < 4.78 is 10.7. The third-order valence-electron chi connectivity index (χ3n) is 15.2. The monoisotopic (exact) mass is 596 g/mol. The normalized spacial score (nSPS) is 43.6. The van der Waals surface area contributed by atoms with Crippen LogP contribution in [0.4, 0.5) is 0 Å². The zero-order chi connectivity index (χ0) is 31.3. The van der Waals surface area contributed by atoms with Gasteiger partial charge in [-0.05, 0) is 130 Å². The van der Waals surface area contributed by atoms with Gasteiger partial charge in [-0.1, -0.05) is 20.8 Å². The van der Waals surface area contributed by atoms with Crippen LogP contribution in [0.3, 0.4) is 0 Å². The van der Waals surface area contributed by atoms with Crippen molar-refractivity contribution in [2.75, 3.05) is 42.0 Å². The Balaban J connectivity index is 1.28. The Kier molecular flexibility index (Phi) is 7.22. The van der Waals surface area contributed by atoms with Crippen molar-refractivity contribution in [3.8, 4) is 17.2 Å². The highest BCUT2D eigenvalue weighted by atomic mass is 16.5. The number of aliphatic hydroxyl groups is 1. The van der Waals surface area contributed by atoms with E-state index in [0.29, 0.717) is 33.8 Å². The average Bonchev–Trinajstić information content (AvgIpc) is 3.57. The maximum absolute atomic E-state index is 14.0. The molecule has 6 rings (SSSR count). The zero-order valence-corrected chi connectivity index (χ0v) is 28.1. The minimum absolute atomic E-state index is 0.0677. The number of methoxy groups -OCH3 is 2. The van der Waals surface area contributed by atoms with E-state index in [1.54, 1.807) is 12.1 Å². The second-order valence-corrected chi connectivity index (χ2v) is 16.2. The lowest BCUT2D eigenvalue weighted by Gasteiger charge is -2.64. The molecule has 1 aromatic carbocycles. The molecule has 10 unspecified atom stereocenters. The molecule has 2 N–H and O–H groups in total. The fourth-order valence-electron chi connectivity index (χ4n) is 12.6. The van der Waals surface area contributed by atoms with Gasteiger partial charge in [0.05, 0.1) is 20.8 Å². The summed E-state index contributed by atoms with van der Waals surface area (Å²) in [5, 5.41) is 21.6. The third kappa shape index (κ3) is 3.82. The van der Waals surface area contributed by atoms with Gasteiger partial charge in [0.15, 0.2) is 11.5 Å². The van der Waals surface area contributed by atoms with E-state index in [4.69, 9.17) is 9.47 Å². The van der Waals surface area contributed by atoms with Gasteiger partial charge in [0.2, 0.25) is 5.75 Å². The first-order chi connectivity index (χ1) is 20.2. The molecule has 0 bridgehead atoms. The standard InChI is InChI=1S/C36H56N2O5/c1-22(37(5)6)24-12-14-34(4)28-11-10-27-32(2,21-39)29(13-15-35(27)20-36(28,35)17-16-33(24,34)3)38(7)31(41)23-18-25(42-8)30(40)26(19-23)43-9/h18-19,22,24,27-29,39-40H,10-17,20-21H2,1-9H3. The van der Waals surface area contributed by atoms with E-state index in [0.717, 1.165) is 31.1 Å². The van der Waals surface area contributed by atoms with Crippen LogP contribution in [-0.4, -0.2) is 80.0 Å². The number of aliphatic hydroxyl groups excluding tert-OH is 1. The van der Waals surface area contributed by atoms with Crippen LogP contribution in [0.5, 0.6) is 17.2 Å². The molecule has 0 radical (unpaired) electrons. The van der Waals surface area contributed by atoms with Crippen LogP contribution in [-0.2, 0) is 0 Å². The molecule has 0 saturated heterocycles. The summed E-state index contributed by atoms with van der Waals surface area (Å²) >= 11 is 0.